The summed E-state index contributed by atoms with van der Waals surface area (Å²) in [7, 11) is 0. The van der Waals surface area contributed by atoms with Crippen molar-refractivity contribution in [3.05, 3.63) is 12.2 Å². The van der Waals surface area contributed by atoms with Gasteiger partial charge in [0.15, 0.2) is 0 Å². The first kappa shape index (κ1) is 7.26. The molecular formula is C7H11N. The third-order valence-electron chi connectivity index (χ3n) is 0.952. The normalized spacial score (nSPS) is 10.2. The summed E-state index contributed by atoms with van der Waals surface area (Å²) < 4.78 is 0. The molecule has 0 aliphatic heterocycles. The highest BCUT2D eigenvalue weighted by Gasteiger charge is 2.11. The second-order valence-electron chi connectivity index (χ2n) is 2.34. The van der Waals surface area contributed by atoms with Gasteiger partial charge in [-0.15, -0.1) is 6.42 Å². The Balaban J connectivity index is 4.09. The van der Waals surface area contributed by atoms with Crippen LogP contribution in [0, 0.1) is 12.3 Å². The van der Waals surface area contributed by atoms with Gasteiger partial charge in [0.25, 0.3) is 0 Å². The topological polar surface area (TPSA) is 26.0 Å². The largest absolute Gasteiger partial charge is 0.321 e. The highest BCUT2D eigenvalue weighted by molar-refractivity contribution is 5.30. The van der Waals surface area contributed by atoms with Gasteiger partial charge in [0, 0.05) is 11.1 Å². The number of hydrogen-bond donors (Lipinski definition) is 1. The lowest BCUT2D eigenvalue weighted by atomic mass is 9.98. The average molecular weight is 109 g/mol. The van der Waals surface area contributed by atoms with Gasteiger partial charge < -0.3 is 5.73 Å². The molecule has 0 aromatic heterocycles. The molecule has 2 N–H and O–H groups in total. The standard InChI is InChI=1S/C7H11N/c1-5-6(2)7(3,4)8/h1H,2,8H2,3-4H3. The minimum atomic E-state index is -0.422. The molecule has 0 radical (unpaired) electrons. The van der Waals surface area contributed by atoms with Crippen LogP contribution >= 0.6 is 0 Å². The quantitative estimate of drug-likeness (QED) is 0.498. The molecule has 0 spiro atoms. The first-order chi connectivity index (χ1) is 3.48. The van der Waals surface area contributed by atoms with Gasteiger partial charge in [0.1, 0.15) is 0 Å². The molecule has 0 rings (SSSR count). The molecule has 0 saturated carbocycles. The molecule has 0 fully saturated rings. The maximum Gasteiger partial charge on any atom is 0.0426 e. The van der Waals surface area contributed by atoms with Gasteiger partial charge in [-0.1, -0.05) is 12.5 Å². The Bertz CT molecular complexity index is 131. The SMILES string of the molecule is C#CC(=C)C(C)(C)N. The minimum Gasteiger partial charge on any atom is -0.321 e. The minimum absolute atomic E-state index is 0.422. The molecule has 0 bridgehead atoms. The van der Waals surface area contributed by atoms with E-state index in [1.54, 1.807) is 0 Å². The zero-order chi connectivity index (χ0) is 6.78. The Morgan fingerprint density at radius 2 is 2.12 bits per heavy atom. The summed E-state index contributed by atoms with van der Waals surface area (Å²) in [5.41, 5.74) is 5.76. The second kappa shape index (κ2) is 2.02. The van der Waals surface area contributed by atoms with Crippen LogP contribution in [-0.4, -0.2) is 5.54 Å². The smallest absolute Gasteiger partial charge is 0.0426 e. The fourth-order valence-corrected chi connectivity index (χ4v) is 0.186. The zero-order valence-electron chi connectivity index (χ0n) is 5.36. The van der Waals surface area contributed by atoms with Crippen molar-refractivity contribution < 1.29 is 0 Å². The molecular weight excluding hydrogens is 98.1 g/mol. The maximum atomic E-state index is 5.55. The Hall–Kier alpha value is -0.740. The molecule has 1 heteroatoms. The molecule has 0 saturated heterocycles. The highest BCUT2D eigenvalue weighted by Crippen LogP contribution is 2.06. The van der Waals surface area contributed by atoms with Gasteiger partial charge in [0.05, 0.1) is 0 Å². The van der Waals surface area contributed by atoms with Crippen LogP contribution in [0.5, 0.6) is 0 Å². The van der Waals surface area contributed by atoms with Gasteiger partial charge in [-0.2, -0.15) is 0 Å². The van der Waals surface area contributed by atoms with Crippen LogP contribution in [-0.2, 0) is 0 Å². The van der Waals surface area contributed by atoms with Gasteiger partial charge in [-0.3, -0.25) is 0 Å². The van der Waals surface area contributed by atoms with E-state index < -0.39 is 5.54 Å². The van der Waals surface area contributed by atoms with Gasteiger partial charge >= 0.3 is 0 Å². The van der Waals surface area contributed by atoms with Crippen molar-refractivity contribution in [2.75, 3.05) is 0 Å². The third kappa shape index (κ3) is 1.81. The molecule has 0 atom stereocenters. The molecule has 0 aliphatic carbocycles. The van der Waals surface area contributed by atoms with Crippen LogP contribution in [0.4, 0.5) is 0 Å². The van der Waals surface area contributed by atoms with Crippen LogP contribution in [0.25, 0.3) is 0 Å². The first-order valence-corrected chi connectivity index (χ1v) is 2.43. The third-order valence-corrected chi connectivity index (χ3v) is 0.952. The van der Waals surface area contributed by atoms with Crippen molar-refractivity contribution in [3.8, 4) is 12.3 Å². The molecule has 44 valence electrons. The summed E-state index contributed by atoms with van der Waals surface area (Å²) in [6.45, 7) is 7.24. The fourth-order valence-electron chi connectivity index (χ4n) is 0.186. The average Bonchev–Trinajstić information content (AvgIpc) is 1.62. The lowest BCUT2D eigenvalue weighted by Gasteiger charge is -2.16. The second-order valence-corrected chi connectivity index (χ2v) is 2.34. The van der Waals surface area contributed by atoms with Crippen LogP contribution in [0.15, 0.2) is 12.2 Å². The van der Waals surface area contributed by atoms with Gasteiger partial charge in [-0.05, 0) is 13.8 Å². The van der Waals surface area contributed by atoms with Crippen molar-refractivity contribution in [2.24, 2.45) is 5.73 Å². The Morgan fingerprint density at radius 1 is 1.75 bits per heavy atom. The van der Waals surface area contributed by atoms with E-state index in [9.17, 15) is 0 Å². The van der Waals surface area contributed by atoms with Crippen LogP contribution in [0.2, 0.25) is 0 Å². The Morgan fingerprint density at radius 3 is 2.12 bits per heavy atom. The summed E-state index contributed by atoms with van der Waals surface area (Å²) >= 11 is 0. The van der Waals surface area contributed by atoms with Gasteiger partial charge in [0.2, 0.25) is 0 Å². The molecule has 0 amide bonds. The van der Waals surface area contributed by atoms with Crippen LogP contribution < -0.4 is 5.73 Å². The van der Waals surface area contributed by atoms with E-state index in [4.69, 9.17) is 12.2 Å². The Kier molecular flexibility index (Phi) is 1.83. The van der Waals surface area contributed by atoms with Crippen molar-refractivity contribution in [1.82, 2.24) is 0 Å². The molecule has 0 aromatic carbocycles. The van der Waals surface area contributed by atoms with E-state index in [-0.39, 0.29) is 0 Å². The lowest BCUT2D eigenvalue weighted by Crippen LogP contribution is -2.33. The van der Waals surface area contributed by atoms with Crippen molar-refractivity contribution in [3.63, 3.8) is 0 Å². The lowest BCUT2D eigenvalue weighted by molar-refractivity contribution is 0.633. The molecule has 1 nitrogen and oxygen atoms in total. The fraction of sp³-hybridized carbons (Fsp3) is 0.429. The molecule has 0 aliphatic rings. The summed E-state index contributed by atoms with van der Waals surface area (Å²) in [5, 5.41) is 0. The number of rotatable bonds is 1. The van der Waals surface area contributed by atoms with E-state index in [1.807, 2.05) is 13.8 Å². The summed E-state index contributed by atoms with van der Waals surface area (Å²) in [4.78, 5) is 0. The van der Waals surface area contributed by atoms with E-state index in [1.165, 1.54) is 0 Å². The zero-order valence-corrected chi connectivity index (χ0v) is 5.36. The number of hydrogen-bond acceptors (Lipinski definition) is 1. The van der Waals surface area contributed by atoms with E-state index >= 15 is 0 Å². The molecule has 8 heavy (non-hydrogen) atoms. The summed E-state index contributed by atoms with van der Waals surface area (Å²) in [6.07, 6.45) is 5.03. The summed E-state index contributed by atoms with van der Waals surface area (Å²) in [5.74, 6) is 2.39. The first-order valence-electron chi connectivity index (χ1n) is 2.43. The van der Waals surface area contributed by atoms with Crippen LogP contribution in [0.3, 0.4) is 0 Å². The highest BCUT2D eigenvalue weighted by atomic mass is 14.7. The number of terminal acetylenes is 1. The van der Waals surface area contributed by atoms with Crippen molar-refractivity contribution in [1.29, 1.82) is 0 Å². The maximum absolute atomic E-state index is 5.55. The van der Waals surface area contributed by atoms with Crippen molar-refractivity contribution in [2.45, 2.75) is 19.4 Å². The molecule has 0 heterocycles. The van der Waals surface area contributed by atoms with Crippen LogP contribution in [0.1, 0.15) is 13.8 Å². The van der Waals surface area contributed by atoms with E-state index in [0.29, 0.717) is 5.57 Å². The monoisotopic (exact) mass is 109 g/mol. The predicted octanol–water partition coefficient (Wildman–Crippen LogP) is 0.913. The van der Waals surface area contributed by atoms with Gasteiger partial charge in [-0.25, -0.2) is 0 Å². The summed E-state index contributed by atoms with van der Waals surface area (Å²) in [6, 6.07) is 0. The van der Waals surface area contributed by atoms with Crippen molar-refractivity contribution >= 4 is 0 Å². The predicted molar refractivity (Wildman–Crippen MR) is 36.2 cm³/mol. The molecule has 0 aromatic rings. The van der Waals surface area contributed by atoms with E-state index in [2.05, 4.69) is 12.5 Å². The number of nitrogens with two attached hydrogens (primary N) is 1. The molecule has 0 unspecified atom stereocenters. The Labute approximate surface area is 50.6 Å². The van der Waals surface area contributed by atoms with E-state index in [0.717, 1.165) is 0 Å².